The van der Waals surface area contributed by atoms with Crippen LogP contribution in [0.15, 0.2) is 17.0 Å². The van der Waals surface area contributed by atoms with Crippen molar-refractivity contribution in [2.45, 2.75) is 44.6 Å². The van der Waals surface area contributed by atoms with E-state index in [9.17, 15) is 13.5 Å². The minimum Gasteiger partial charge on any atom is -0.398 e. The summed E-state index contributed by atoms with van der Waals surface area (Å²) in [6.07, 6.45) is 0.527. The maximum Gasteiger partial charge on any atom is 0.241 e. The van der Waals surface area contributed by atoms with E-state index < -0.39 is 16.1 Å². The van der Waals surface area contributed by atoms with Crippen LogP contribution >= 0.6 is 0 Å². The minimum absolute atomic E-state index is 0.213. The topological polar surface area (TPSA) is 92.4 Å². The minimum atomic E-state index is -3.59. The van der Waals surface area contributed by atoms with Gasteiger partial charge >= 0.3 is 0 Å². The lowest BCUT2D eigenvalue weighted by atomic mass is 10.1. The molecule has 5 nitrogen and oxygen atoms in total. The summed E-state index contributed by atoms with van der Waals surface area (Å²) in [6.45, 7) is 5.50. The highest BCUT2D eigenvalue weighted by molar-refractivity contribution is 7.89. The van der Waals surface area contributed by atoms with Gasteiger partial charge in [-0.3, -0.25) is 0 Å². The summed E-state index contributed by atoms with van der Waals surface area (Å²) in [6, 6.07) is 3.39. The Kier molecular flexibility index (Phi) is 5.34. The highest BCUT2D eigenvalue weighted by Gasteiger charge is 2.20. The summed E-state index contributed by atoms with van der Waals surface area (Å²) in [7, 11) is -3.59. The average Bonchev–Trinajstić information content (AvgIpc) is 2.33. The van der Waals surface area contributed by atoms with Gasteiger partial charge in [0.2, 0.25) is 10.0 Å². The van der Waals surface area contributed by atoms with Gasteiger partial charge in [0.05, 0.1) is 11.0 Å². The van der Waals surface area contributed by atoms with Crippen LogP contribution in [-0.4, -0.2) is 26.2 Å². The van der Waals surface area contributed by atoms with Gasteiger partial charge in [-0.15, -0.1) is 0 Å². The van der Waals surface area contributed by atoms with Gasteiger partial charge in [-0.25, -0.2) is 13.1 Å². The molecule has 0 radical (unpaired) electrons. The molecule has 0 fully saturated rings. The van der Waals surface area contributed by atoms with E-state index in [1.165, 1.54) is 0 Å². The molecule has 4 N–H and O–H groups in total. The van der Waals surface area contributed by atoms with Crippen molar-refractivity contribution in [3.63, 3.8) is 0 Å². The van der Waals surface area contributed by atoms with Crippen LogP contribution < -0.4 is 10.5 Å². The number of benzene rings is 1. The first kappa shape index (κ1) is 15.9. The summed E-state index contributed by atoms with van der Waals surface area (Å²) in [4.78, 5) is 0.235. The maximum atomic E-state index is 12.2. The van der Waals surface area contributed by atoms with Crippen LogP contribution in [0.25, 0.3) is 0 Å². The van der Waals surface area contributed by atoms with Crippen molar-refractivity contribution in [2.75, 3.05) is 12.3 Å². The molecular weight excluding hydrogens is 264 g/mol. The number of aliphatic hydroxyl groups excluding tert-OH is 1. The van der Waals surface area contributed by atoms with Gasteiger partial charge in [-0.1, -0.05) is 13.0 Å². The van der Waals surface area contributed by atoms with Crippen molar-refractivity contribution < 1.29 is 13.5 Å². The van der Waals surface area contributed by atoms with Gasteiger partial charge in [0, 0.05) is 12.2 Å². The van der Waals surface area contributed by atoms with E-state index in [1.807, 2.05) is 6.92 Å². The van der Waals surface area contributed by atoms with Gasteiger partial charge in [-0.2, -0.15) is 0 Å². The van der Waals surface area contributed by atoms with Gasteiger partial charge < -0.3 is 10.8 Å². The zero-order chi connectivity index (χ0) is 14.6. The molecule has 1 atom stereocenters. The third-order valence-electron chi connectivity index (χ3n) is 3.15. The van der Waals surface area contributed by atoms with E-state index in [0.29, 0.717) is 29.7 Å². The number of hydrogen-bond acceptors (Lipinski definition) is 4. The molecule has 0 amide bonds. The summed E-state index contributed by atoms with van der Waals surface area (Å²) < 4.78 is 27.0. The van der Waals surface area contributed by atoms with E-state index in [-0.39, 0.29) is 11.4 Å². The number of aryl methyl sites for hydroxylation is 1. The Balaban J connectivity index is 2.92. The summed E-state index contributed by atoms with van der Waals surface area (Å²) in [5.41, 5.74) is 7.43. The van der Waals surface area contributed by atoms with Crippen molar-refractivity contribution in [1.82, 2.24) is 4.72 Å². The number of nitrogens with two attached hydrogens (primary N) is 1. The van der Waals surface area contributed by atoms with E-state index in [2.05, 4.69) is 4.72 Å². The Morgan fingerprint density at radius 3 is 2.58 bits per heavy atom. The van der Waals surface area contributed by atoms with Gasteiger partial charge in [-0.05, 0) is 43.9 Å². The lowest BCUT2D eigenvalue weighted by molar-refractivity contribution is 0.162. The number of sulfonamides is 1. The van der Waals surface area contributed by atoms with Crippen LogP contribution in [0.2, 0.25) is 0 Å². The SMILES string of the molecule is CCC(O)CCNS(=O)(=O)c1c(C)ccc(N)c1C. The van der Waals surface area contributed by atoms with Crippen molar-refractivity contribution in [2.24, 2.45) is 0 Å². The number of nitrogens with one attached hydrogen (secondary N) is 1. The fourth-order valence-corrected chi connectivity index (χ4v) is 3.44. The van der Waals surface area contributed by atoms with Gasteiger partial charge in [0.25, 0.3) is 0 Å². The fourth-order valence-electron chi connectivity index (χ4n) is 1.89. The molecule has 0 aliphatic heterocycles. The van der Waals surface area contributed by atoms with Crippen molar-refractivity contribution >= 4 is 15.7 Å². The van der Waals surface area contributed by atoms with E-state index in [1.54, 1.807) is 26.0 Å². The predicted molar refractivity (Wildman–Crippen MR) is 76.4 cm³/mol. The van der Waals surface area contributed by atoms with Crippen LogP contribution in [0.3, 0.4) is 0 Å². The second-order valence-electron chi connectivity index (χ2n) is 4.67. The largest absolute Gasteiger partial charge is 0.398 e. The molecule has 0 saturated carbocycles. The highest BCUT2D eigenvalue weighted by atomic mass is 32.2. The average molecular weight is 286 g/mol. The molecule has 6 heteroatoms. The lowest BCUT2D eigenvalue weighted by Crippen LogP contribution is -2.28. The normalized spacial score (nSPS) is 13.5. The number of nitrogen functional groups attached to an aromatic ring is 1. The van der Waals surface area contributed by atoms with Crippen molar-refractivity contribution in [1.29, 1.82) is 0 Å². The molecule has 1 aromatic rings. The molecule has 0 spiro atoms. The Hall–Kier alpha value is -1.11. The van der Waals surface area contributed by atoms with Crippen LogP contribution in [0.5, 0.6) is 0 Å². The molecule has 0 bridgehead atoms. The fraction of sp³-hybridized carbons (Fsp3) is 0.538. The monoisotopic (exact) mass is 286 g/mol. The molecule has 0 saturated heterocycles. The van der Waals surface area contributed by atoms with Crippen LogP contribution in [0, 0.1) is 13.8 Å². The molecule has 1 unspecified atom stereocenters. The Morgan fingerprint density at radius 2 is 2.00 bits per heavy atom. The Morgan fingerprint density at radius 1 is 1.37 bits per heavy atom. The third-order valence-corrected chi connectivity index (χ3v) is 4.90. The first-order valence-corrected chi connectivity index (χ1v) is 7.81. The molecule has 0 aliphatic rings. The molecule has 1 rings (SSSR count). The number of aliphatic hydroxyl groups is 1. The second kappa shape index (κ2) is 6.36. The first-order chi connectivity index (χ1) is 8.79. The highest BCUT2D eigenvalue weighted by Crippen LogP contribution is 2.24. The Labute approximate surface area is 114 Å². The molecule has 0 aromatic heterocycles. The zero-order valence-corrected chi connectivity index (χ0v) is 12.4. The van der Waals surface area contributed by atoms with Crippen LogP contribution in [0.1, 0.15) is 30.9 Å². The predicted octanol–water partition coefficient (Wildman–Crippen LogP) is 1.32. The quantitative estimate of drug-likeness (QED) is 0.688. The van der Waals surface area contributed by atoms with Crippen molar-refractivity contribution in [3.05, 3.63) is 23.3 Å². The van der Waals surface area contributed by atoms with E-state index in [0.717, 1.165) is 0 Å². The molecule has 108 valence electrons. The molecule has 1 aromatic carbocycles. The Bertz CT molecular complexity index is 541. The molecule has 0 heterocycles. The molecule has 19 heavy (non-hydrogen) atoms. The maximum absolute atomic E-state index is 12.2. The van der Waals surface area contributed by atoms with E-state index in [4.69, 9.17) is 5.73 Å². The van der Waals surface area contributed by atoms with Crippen molar-refractivity contribution in [3.8, 4) is 0 Å². The lowest BCUT2D eigenvalue weighted by Gasteiger charge is -2.14. The first-order valence-electron chi connectivity index (χ1n) is 6.33. The zero-order valence-electron chi connectivity index (χ0n) is 11.6. The number of anilines is 1. The molecular formula is C13H22N2O3S. The smallest absolute Gasteiger partial charge is 0.241 e. The number of rotatable bonds is 6. The standard InChI is InChI=1S/C13H22N2O3S/c1-4-11(16)7-8-15-19(17,18)13-9(2)5-6-12(14)10(13)3/h5-6,11,15-16H,4,7-8,14H2,1-3H3. The van der Waals surface area contributed by atoms with E-state index >= 15 is 0 Å². The van der Waals surface area contributed by atoms with Crippen LogP contribution in [-0.2, 0) is 10.0 Å². The summed E-state index contributed by atoms with van der Waals surface area (Å²) >= 11 is 0. The number of hydrogen-bond donors (Lipinski definition) is 3. The summed E-state index contributed by atoms with van der Waals surface area (Å²) in [5.74, 6) is 0. The second-order valence-corrected chi connectivity index (χ2v) is 6.38. The molecule has 0 aliphatic carbocycles. The van der Waals surface area contributed by atoms with Gasteiger partial charge in [0.1, 0.15) is 0 Å². The van der Waals surface area contributed by atoms with Crippen LogP contribution in [0.4, 0.5) is 5.69 Å². The van der Waals surface area contributed by atoms with Gasteiger partial charge in [0.15, 0.2) is 0 Å². The summed E-state index contributed by atoms with van der Waals surface area (Å²) in [5, 5.41) is 9.42. The third kappa shape index (κ3) is 3.92.